The first-order valence-corrected chi connectivity index (χ1v) is 5.71. The lowest BCUT2D eigenvalue weighted by molar-refractivity contribution is -0.122. The fraction of sp³-hybridized carbons (Fsp3) is 0.462. The smallest absolute Gasteiger partial charge is 0.234 e. The molecule has 1 fully saturated rings. The van der Waals surface area contributed by atoms with E-state index in [-0.39, 0.29) is 11.9 Å². The van der Waals surface area contributed by atoms with Crippen molar-refractivity contribution in [1.82, 2.24) is 10.6 Å². The topological polar surface area (TPSA) is 41.1 Å². The van der Waals surface area contributed by atoms with E-state index < -0.39 is 0 Å². The van der Waals surface area contributed by atoms with Crippen LogP contribution in [0.2, 0.25) is 0 Å². The number of nitrogens with one attached hydrogen (secondary N) is 2. The second-order valence-corrected chi connectivity index (χ2v) is 4.53. The molecule has 2 N–H and O–H groups in total. The Balaban J connectivity index is 2.05. The van der Waals surface area contributed by atoms with Gasteiger partial charge in [-0.25, -0.2) is 0 Å². The zero-order chi connectivity index (χ0) is 11.5. The Kier molecular flexibility index (Phi) is 3.25. The number of hydrogen-bond acceptors (Lipinski definition) is 2. The van der Waals surface area contributed by atoms with E-state index in [0.717, 1.165) is 13.0 Å². The molecule has 1 aromatic rings. The van der Waals surface area contributed by atoms with E-state index in [1.165, 1.54) is 16.7 Å². The summed E-state index contributed by atoms with van der Waals surface area (Å²) < 4.78 is 0. The summed E-state index contributed by atoms with van der Waals surface area (Å²) in [5.74, 6) is 0.0982. The molecule has 1 aliphatic heterocycles. The molecular formula is C13H18N2O. The molecule has 1 heterocycles. The van der Waals surface area contributed by atoms with Crippen LogP contribution in [-0.4, -0.2) is 25.0 Å². The quantitative estimate of drug-likeness (QED) is 0.775. The van der Waals surface area contributed by atoms with Gasteiger partial charge >= 0.3 is 0 Å². The first-order chi connectivity index (χ1) is 7.65. The van der Waals surface area contributed by atoms with Crippen LogP contribution in [0.25, 0.3) is 0 Å². The molecule has 3 nitrogen and oxygen atoms in total. The third-order valence-electron chi connectivity index (χ3n) is 3.01. The molecule has 1 amide bonds. The van der Waals surface area contributed by atoms with E-state index in [4.69, 9.17) is 0 Å². The van der Waals surface area contributed by atoms with E-state index >= 15 is 0 Å². The fourth-order valence-electron chi connectivity index (χ4n) is 2.15. The number of piperazine rings is 1. The van der Waals surface area contributed by atoms with Gasteiger partial charge in [-0.3, -0.25) is 4.79 Å². The van der Waals surface area contributed by atoms with Gasteiger partial charge in [0.05, 0.1) is 6.54 Å². The Hall–Kier alpha value is -1.35. The van der Waals surface area contributed by atoms with Gasteiger partial charge in [0.1, 0.15) is 0 Å². The summed E-state index contributed by atoms with van der Waals surface area (Å²) in [5, 5.41) is 6.13. The van der Waals surface area contributed by atoms with Crippen LogP contribution < -0.4 is 10.6 Å². The molecule has 3 heteroatoms. The highest BCUT2D eigenvalue weighted by atomic mass is 16.2. The minimum absolute atomic E-state index is 0.0982. The van der Waals surface area contributed by atoms with Crippen LogP contribution in [0.5, 0.6) is 0 Å². The summed E-state index contributed by atoms with van der Waals surface area (Å²) in [6, 6.07) is 6.70. The number of amides is 1. The zero-order valence-electron chi connectivity index (χ0n) is 9.84. The Bertz CT molecular complexity index is 401. The van der Waals surface area contributed by atoms with Crippen molar-refractivity contribution in [2.24, 2.45) is 0 Å². The fourth-order valence-corrected chi connectivity index (χ4v) is 2.15. The zero-order valence-corrected chi connectivity index (χ0v) is 9.84. The van der Waals surface area contributed by atoms with Gasteiger partial charge in [-0.05, 0) is 31.4 Å². The monoisotopic (exact) mass is 218 g/mol. The highest BCUT2D eigenvalue weighted by Crippen LogP contribution is 2.13. The molecule has 1 aromatic carbocycles. The number of carbonyl (C=O) groups excluding carboxylic acids is 1. The van der Waals surface area contributed by atoms with Crippen molar-refractivity contribution in [2.75, 3.05) is 13.1 Å². The van der Waals surface area contributed by atoms with Crippen LogP contribution in [0.1, 0.15) is 16.7 Å². The van der Waals surface area contributed by atoms with Gasteiger partial charge in [0.15, 0.2) is 0 Å². The SMILES string of the molecule is Cc1ccc(CC2CNCC(=O)N2)c(C)c1. The van der Waals surface area contributed by atoms with E-state index in [2.05, 4.69) is 42.7 Å². The molecule has 0 spiro atoms. The van der Waals surface area contributed by atoms with Gasteiger partial charge in [0.2, 0.25) is 5.91 Å². The maximum atomic E-state index is 11.2. The molecule has 1 atom stereocenters. The summed E-state index contributed by atoms with van der Waals surface area (Å²) in [4.78, 5) is 11.2. The molecule has 16 heavy (non-hydrogen) atoms. The van der Waals surface area contributed by atoms with Crippen LogP contribution in [0, 0.1) is 13.8 Å². The van der Waals surface area contributed by atoms with Gasteiger partial charge < -0.3 is 10.6 Å². The van der Waals surface area contributed by atoms with Gasteiger partial charge in [-0.15, -0.1) is 0 Å². The average molecular weight is 218 g/mol. The number of rotatable bonds is 2. The third-order valence-corrected chi connectivity index (χ3v) is 3.01. The largest absolute Gasteiger partial charge is 0.351 e. The molecule has 2 rings (SSSR count). The molecule has 86 valence electrons. The second kappa shape index (κ2) is 4.66. The number of carbonyl (C=O) groups is 1. The Morgan fingerprint density at radius 1 is 1.38 bits per heavy atom. The lowest BCUT2D eigenvalue weighted by Crippen LogP contribution is -2.53. The van der Waals surface area contributed by atoms with Crippen LogP contribution in [0.3, 0.4) is 0 Å². The van der Waals surface area contributed by atoms with E-state index in [9.17, 15) is 4.79 Å². The molecule has 0 bridgehead atoms. The number of hydrogen-bond donors (Lipinski definition) is 2. The van der Waals surface area contributed by atoms with Crippen LogP contribution in [0.4, 0.5) is 0 Å². The van der Waals surface area contributed by atoms with Crippen molar-refractivity contribution in [3.8, 4) is 0 Å². The lowest BCUT2D eigenvalue weighted by Gasteiger charge is -2.24. The number of benzene rings is 1. The van der Waals surface area contributed by atoms with Crippen molar-refractivity contribution in [3.63, 3.8) is 0 Å². The van der Waals surface area contributed by atoms with Crippen molar-refractivity contribution in [2.45, 2.75) is 26.3 Å². The van der Waals surface area contributed by atoms with Crippen LogP contribution in [0.15, 0.2) is 18.2 Å². The molecule has 1 unspecified atom stereocenters. The minimum atomic E-state index is 0.0982. The summed E-state index contributed by atoms with van der Waals surface area (Å²) in [7, 11) is 0. The number of aryl methyl sites for hydroxylation is 2. The highest BCUT2D eigenvalue weighted by molar-refractivity contribution is 5.79. The van der Waals surface area contributed by atoms with Crippen molar-refractivity contribution < 1.29 is 4.79 Å². The summed E-state index contributed by atoms with van der Waals surface area (Å²) >= 11 is 0. The predicted molar refractivity (Wildman–Crippen MR) is 64.4 cm³/mol. The van der Waals surface area contributed by atoms with Crippen molar-refractivity contribution in [1.29, 1.82) is 0 Å². The second-order valence-electron chi connectivity index (χ2n) is 4.53. The molecule has 0 aliphatic carbocycles. The Morgan fingerprint density at radius 2 is 2.19 bits per heavy atom. The molecule has 0 saturated carbocycles. The van der Waals surface area contributed by atoms with Crippen molar-refractivity contribution in [3.05, 3.63) is 34.9 Å². The predicted octanol–water partition coefficient (Wildman–Crippen LogP) is 0.934. The maximum Gasteiger partial charge on any atom is 0.234 e. The maximum absolute atomic E-state index is 11.2. The van der Waals surface area contributed by atoms with E-state index in [1.807, 2.05) is 0 Å². The first kappa shape index (κ1) is 11.1. The summed E-state index contributed by atoms with van der Waals surface area (Å²) in [6.45, 7) is 5.53. The van der Waals surface area contributed by atoms with Crippen LogP contribution in [-0.2, 0) is 11.2 Å². The molecule has 0 radical (unpaired) electrons. The molecular weight excluding hydrogens is 200 g/mol. The van der Waals surface area contributed by atoms with Crippen molar-refractivity contribution >= 4 is 5.91 Å². The average Bonchev–Trinajstić information content (AvgIpc) is 2.22. The van der Waals surface area contributed by atoms with Crippen LogP contribution >= 0.6 is 0 Å². The highest BCUT2D eigenvalue weighted by Gasteiger charge is 2.18. The van der Waals surface area contributed by atoms with Gasteiger partial charge in [0.25, 0.3) is 0 Å². The molecule has 1 aliphatic rings. The summed E-state index contributed by atoms with van der Waals surface area (Å²) in [5.41, 5.74) is 3.91. The normalized spacial score (nSPS) is 20.6. The molecule has 1 saturated heterocycles. The summed E-state index contributed by atoms with van der Waals surface area (Å²) in [6.07, 6.45) is 0.908. The van der Waals surface area contributed by atoms with Gasteiger partial charge in [-0.2, -0.15) is 0 Å². The Morgan fingerprint density at radius 3 is 2.88 bits per heavy atom. The molecule has 0 aromatic heterocycles. The van der Waals surface area contributed by atoms with E-state index in [1.54, 1.807) is 0 Å². The minimum Gasteiger partial charge on any atom is -0.351 e. The lowest BCUT2D eigenvalue weighted by atomic mass is 9.98. The Labute approximate surface area is 96.2 Å². The van der Waals surface area contributed by atoms with Gasteiger partial charge in [-0.1, -0.05) is 23.8 Å². The third kappa shape index (κ3) is 2.61. The first-order valence-electron chi connectivity index (χ1n) is 5.71. The van der Waals surface area contributed by atoms with E-state index in [0.29, 0.717) is 6.54 Å². The van der Waals surface area contributed by atoms with Gasteiger partial charge in [0, 0.05) is 12.6 Å². The standard InChI is InChI=1S/C13H18N2O/c1-9-3-4-11(10(2)5-9)6-12-7-14-8-13(16)15-12/h3-5,12,14H,6-8H2,1-2H3,(H,15,16).